The van der Waals surface area contributed by atoms with E-state index in [9.17, 15) is 0 Å². The summed E-state index contributed by atoms with van der Waals surface area (Å²) < 4.78 is 6.36. The third-order valence-corrected chi connectivity index (χ3v) is 3.78. The molecule has 3 rings (SSSR count). The van der Waals surface area contributed by atoms with Crippen molar-refractivity contribution >= 4 is 27.3 Å². The van der Waals surface area contributed by atoms with Crippen LogP contribution >= 0.6 is 15.9 Å². The van der Waals surface area contributed by atoms with Crippen molar-refractivity contribution in [1.82, 2.24) is 0 Å². The lowest BCUT2D eigenvalue weighted by Gasteiger charge is -2.31. The van der Waals surface area contributed by atoms with Gasteiger partial charge in [-0.25, -0.2) is 0 Å². The zero-order valence-electron chi connectivity index (χ0n) is 10.0. The van der Waals surface area contributed by atoms with Crippen molar-refractivity contribution in [2.24, 2.45) is 0 Å². The Hall–Kier alpha value is -1.42. The van der Waals surface area contributed by atoms with Gasteiger partial charge >= 0.3 is 0 Å². The molecule has 2 N–H and O–H groups in total. The van der Waals surface area contributed by atoms with E-state index in [1.54, 1.807) is 0 Å². The highest BCUT2D eigenvalue weighted by Gasteiger charge is 2.19. The maximum Gasteiger partial charge on any atom is 0.169 e. The van der Waals surface area contributed by atoms with Crippen LogP contribution in [0.1, 0.15) is 17.7 Å². The molecule has 0 saturated carbocycles. The fourth-order valence-corrected chi connectivity index (χ4v) is 2.86. The summed E-state index contributed by atoms with van der Waals surface area (Å²) in [6.45, 7) is 1.84. The molecule has 0 bridgehead atoms. The second-order valence-electron chi connectivity index (χ2n) is 4.58. The highest BCUT2D eigenvalue weighted by atomic mass is 79.9. The zero-order valence-corrected chi connectivity index (χ0v) is 11.6. The topological polar surface area (TPSA) is 42.4 Å². The SMILES string of the molecule is Nc1cccc2c1CCCN2Cc1ccc(Br)o1. The van der Waals surface area contributed by atoms with E-state index in [1.165, 1.54) is 11.3 Å². The van der Waals surface area contributed by atoms with Crippen LogP contribution in [0.4, 0.5) is 11.4 Å². The second-order valence-corrected chi connectivity index (χ2v) is 5.36. The van der Waals surface area contributed by atoms with Gasteiger partial charge in [0.2, 0.25) is 0 Å². The van der Waals surface area contributed by atoms with E-state index < -0.39 is 0 Å². The molecule has 0 spiro atoms. The largest absolute Gasteiger partial charge is 0.452 e. The fraction of sp³-hybridized carbons (Fsp3) is 0.286. The normalized spacial score (nSPS) is 14.6. The summed E-state index contributed by atoms with van der Waals surface area (Å²) in [5, 5.41) is 0. The Labute approximate surface area is 115 Å². The molecule has 2 aromatic rings. The summed E-state index contributed by atoms with van der Waals surface area (Å²) in [5.74, 6) is 0.970. The Balaban J connectivity index is 1.89. The first-order valence-corrected chi connectivity index (χ1v) is 6.90. The molecule has 1 aliphatic heterocycles. The number of fused-ring (bicyclic) bond motifs is 1. The molecule has 0 aliphatic carbocycles. The average Bonchev–Trinajstić information content (AvgIpc) is 2.76. The lowest BCUT2D eigenvalue weighted by atomic mass is 10.00. The summed E-state index contributed by atoms with van der Waals surface area (Å²) in [6.07, 6.45) is 2.21. The molecule has 0 fully saturated rings. The summed E-state index contributed by atoms with van der Waals surface area (Å²) in [4.78, 5) is 2.33. The van der Waals surface area contributed by atoms with E-state index >= 15 is 0 Å². The van der Waals surface area contributed by atoms with E-state index in [-0.39, 0.29) is 0 Å². The number of hydrogen-bond acceptors (Lipinski definition) is 3. The number of nitrogens with two attached hydrogens (primary N) is 1. The van der Waals surface area contributed by atoms with Crippen LogP contribution < -0.4 is 10.6 Å². The Bertz CT molecular complexity index is 565. The summed E-state index contributed by atoms with van der Waals surface area (Å²) in [7, 11) is 0. The van der Waals surface area contributed by atoms with Crippen molar-refractivity contribution in [2.75, 3.05) is 17.2 Å². The second kappa shape index (κ2) is 4.69. The molecule has 18 heavy (non-hydrogen) atoms. The van der Waals surface area contributed by atoms with E-state index in [4.69, 9.17) is 10.2 Å². The standard InChI is InChI=1S/C14H15BrN2O/c15-14-7-6-10(18-14)9-17-8-2-3-11-12(16)4-1-5-13(11)17/h1,4-7H,2-3,8-9,16H2. The number of furan rings is 1. The van der Waals surface area contributed by atoms with Crippen LogP contribution in [0, 0.1) is 0 Å². The summed E-state index contributed by atoms with van der Waals surface area (Å²) >= 11 is 3.34. The molecule has 1 aromatic heterocycles. The third-order valence-electron chi connectivity index (χ3n) is 3.36. The van der Waals surface area contributed by atoms with Gasteiger partial charge in [-0.15, -0.1) is 0 Å². The quantitative estimate of drug-likeness (QED) is 0.862. The molecule has 0 unspecified atom stereocenters. The molecule has 0 amide bonds. The van der Waals surface area contributed by atoms with Crippen molar-refractivity contribution in [3.63, 3.8) is 0 Å². The van der Waals surface area contributed by atoms with E-state index in [0.29, 0.717) is 0 Å². The maximum absolute atomic E-state index is 6.04. The van der Waals surface area contributed by atoms with Crippen LogP contribution in [0.2, 0.25) is 0 Å². The van der Waals surface area contributed by atoms with Gasteiger partial charge in [-0.2, -0.15) is 0 Å². The Morgan fingerprint density at radius 3 is 2.94 bits per heavy atom. The minimum Gasteiger partial charge on any atom is -0.452 e. The van der Waals surface area contributed by atoms with Crippen molar-refractivity contribution < 1.29 is 4.42 Å². The molecule has 3 nitrogen and oxygen atoms in total. The van der Waals surface area contributed by atoms with Gasteiger partial charge in [0.1, 0.15) is 5.76 Å². The monoisotopic (exact) mass is 306 g/mol. The summed E-state index contributed by atoms with van der Waals surface area (Å²) in [5.41, 5.74) is 9.46. The molecular weight excluding hydrogens is 292 g/mol. The van der Waals surface area contributed by atoms with Gasteiger partial charge in [0.15, 0.2) is 4.67 Å². The molecule has 0 atom stereocenters. The number of nitrogens with zero attached hydrogens (tertiary/aromatic N) is 1. The van der Waals surface area contributed by atoms with Gasteiger partial charge < -0.3 is 15.1 Å². The Kier molecular flexibility index (Phi) is 3.04. The summed E-state index contributed by atoms with van der Waals surface area (Å²) in [6, 6.07) is 10.1. The minimum absolute atomic E-state index is 0.780. The molecule has 0 saturated heterocycles. The molecule has 2 heterocycles. The number of rotatable bonds is 2. The molecule has 94 valence electrons. The number of nitrogen functional groups attached to an aromatic ring is 1. The van der Waals surface area contributed by atoms with Gasteiger partial charge in [0, 0.05) is 17.9 Å². The Morgan fingerprint density at radius 1 is 1.28 bits per heavy atom. The van der Waals surface area contributed by atoms with Crippen LogP contribution in [0.3, 0.4) is 0 Å². The lowest BCUT2D eigenvalue weighted by molar-refractivity contribution is 0.478. The average molecular weight is 307 g/mol. The molecular formula is C14H15BrN2O. The predicted octanol–water partition coefficient (Wildman–Crippen LogP) is 3.58. The van der Waals surface area contributed by atoms with Gasteiger partial charge in [-0.05, 0) is 58.6 Å². The number of anilines is 2. The first-order chi connectivity index (χ1) is 8.74. The van der Waals surface area contributed by atoms with Crippen molar-refractivity contribution in [2.45, 2.75) is 19.4 Å². The number of halogens is 1. The van der Waals surface area contributed by atoms with Gasteiger partial charge in [0.05, 0.1) is 6.54 Å². The Morgan fingerprint density at radius 2 is 2.17 bits per heavy atom. The third kappa shape index (κ3) is 2.12. The molecule has 1 aliphatic rings. The maximum atomic E-state index is 6.04. The van der Waals surface area contributed by atoms with Gasteiger partial charge in [-0.1, -0.05) is 6.07 Å². The zero-order chi connectivity index (χ0) is 12.5. The highest BCUT2D eigenvalue weighted by Crippen LogP contribution is 2.32. The van der Waals surface area contributed by atoms with Gasteiger partial charge in [-0.3, -0.25) is 0 Å². The smallest absolute Gasteiger partial charge is 0.169 e. The van der Waals surface area contributed by atoms with E-state index in [1.807, 2.05) is 24.3 Å². The molecule has 0 radical (unpaired) electrons. The van der Waals surface area contributed by atoms with E-state index in [0.717, 1.165) is 42.0 Å². The molecule has 4 heteroatoms. The first kappa shape index (κ1) is 11.7. The van der Waals surface area contributed by atoms with E-state index in [2.05, 4.69) is 26.9 Å². The minimum atomic E-state index is 0.780. The van der Waals surface area contributed by atoms with Crippen LogP contribution in [-0.2, 0) is 13.0 Å². The van der Waals surface area contributed by atoms with Crippen LogP contribution in [-0.4, -0.2) is 6.54 Å². The van der Waals surface area contributed by atoms with Gasteiger partial charge in [0.25, 0.3) is 0 Å². The van der Waals surface area contributed by atoms with Crippen LogP contribution in [0.5, 0.6) is 0 Å². The van der Waals surface area contributed by atoms with Crippen LogP contribution in [0.25, 0.3) is 0 Å². The fourth-order valence-electron chi connectivity index (χ4n) is 2.52. The highest BCUT2D eigenvalue weighted by molar-refractivity contribution is 9.10. The van der Waals surface area contributed by atoms with Crippen molar-refractivity contribution in [3.8, 4) is 0 Å². The number of benzene rings is 1. The molecule has 1 aromatic carbocycles. The predicted molar refractivity (Wildman–Crippen MR) is 76.6 cm³/mol. The number of hydrogen-bond donors (Lipinski definition) is 1. The lowest BCUT2D eigenvalue weighted by Crippen LogP contribution is -2.29. The van der Waals surface area contributed by atoms with Crippen molar-refractivity contribution in [3.05, 3.63) is 46.3 Å². The van der Waals surface area contributed by atoms with Crippen molar-refractivity contribution in [1.29, 1.82) is 0 Å². The van der Waals surface area contributed by atoms with Crippen LogP contribution in [0.15, 0.2) is 39.4 Å². The first-order valence-electron chi connectivity index (χ1n) is 6.10.